The van der Waals surface area contributed by atoms with Crippen LogP contribution in [0.5, 0.6) is 0 Å². The van der Waals surface area contributed by atoms with Crippen LogP contribution in [0.2, 0.25) is 0 Å². The number of aromatic nitrogens is 3. The Labute approximate surface area is 211 Å². The zero-order valence-corrected chi connectivity index (χ0v) is 20.5. The summed E-state index contributed by atoms with van der Waals surface area (Å²) in [7, 11) is 0. The number of aromatic amines is 1. The topological polar surface area (TPSA) is 127 Å². The number of hydrogen-bond acceptors (Lipinski definition) is 6. The molecule has 194 valence electrons. The first-order valence-corrected chi connectivity index (χ1v) is 12.2. The molecule has 9 nitrogen and oxygen atoms in total. The maximum atomic E-state index is 13.7. The third-order valence-corrected chi connectivity index (χ3v) is 6.69. The van der Waals surface area contributed by atoms with Gasteiger partial charge >= 0.3 is 11.9 Å². The monoisotopic (exact) mass is 509 g/mol. The summed E-state index contributed by atoms with van der Waals surface area (Å²) in [6.45, 7) is 4.12. The van der Waals surface area contributed by atoms with Gasteiger partial charge in [-0.05, 0) is 54.3 Å². The lowest BCUT2D eigenvalue weighted by Crippen LogP contribution is -2.42. The number of carbonyl (C=O) groups is 2. The number of aryl methyl sites for hydroxylation is 1. The molecule has 0 radical (unpaired) electrons. The van der Waals surface area contributed by atoms with E-state index in [2.05, 4.69) is 28.6 Å². The predicted molar refractivity (Wildman–Crippen MR) is 133 cm³/mol. The van der Waals surface area contributed by atoms with Gasteiger partial charge in [0.2, 0.25) is 6.29 Å². The Morgan fingerprint density at radius 2 is 2.00 bits per heavy atom. The molecule has 0 bridgehead atoms. The second-order valence-electron chi connectivity index (χ2n) is 9.66. The molecule has 3 heterocycles. The van der Waals surface area contributed by atoms with E-state index in [9.17, 15) is 24.2 Å². The second kappa shape index (κ2) is 9.95. The van der Waals surface area contributed by atoms with Gasteiger partial charge in [0.1, 0.15) is 5.82 Å². The average molecular weight is 510 g/mol. The summed E-state index contributed by atoms with van der Waals surface area (Å²) in [6, 6.07) is 10.3. The smallest absolute Gasteiger partial charge is 0.333 e. The minimum absolute atomic E-state index is 0.0223. The van der Waals surface area contributed by atoms with Crippen LogP contribution in [0.25, 0.3) is 27.5 Å². The fourth-order valence-electron chi connectivity index (χ4n) is 5.07. The summed E-state index contributed by atoms with van der Waals surface area (Å²) in [5.74, 6) is -2.01. The zero-order valence-electron chi connectivity index (χ0n) is 20.5. The van der Waals surface area contributed by atoms with E-state index in [0.717, 1.165) is 38.8 Å². The number of benzene rings is 2. The highest BCUT2D eigenvalue weighted by Crippen LogP contribution is 2.37. The second-order valence-corrected chi connectivity index (χ2v) is 9.66. The zero-order chi connectivity index (χ0) is 26.3. The van der Waals surface area contributed by atoms with Crippen molar-refractivity contribution >= 4 is 33.7 Å². The summed E-state index contributed by atoms with van der Waals surface area (Å²) in [4.78, 5) is 24.0. The van der Waals surface area contributed by atoms with Crippen molar-refractivity contribution in [2.45, 2.75) is 63.9 Å². The summed E-state index contributed by atoms with van der Waals surface area (Å²) < 4.78 is 26.5. The number of aliphatic carboxylic acids is 1. The summed E-state index contributed by atoms with van der Waals surface area (Å²) >= 11 is 0. The lowest BCUT2D eigenvalue weighted by atomic mass is 9.99. The van der Waals surface area contributed by atoms with E-state index in [4.69, 9.17) is 9.47 Å². The number of aliphatic hydroxyl groups excluding tert-OH is 1. The normalized spacial score (nSPS) is 20.1. The first kappa shape index (κ1) is 24.9. The molecule has 4 aromatic rings. The Morgan fingerprint density at radius 3 is 2.70 bits per heavy atom. The maximum Gasteiger partial charge on any atom is 0.333 e. The van der Waals surface area contributed by atoms with Crippen LogP contribution < -0.4 is 0 Å². The van der Waals surface area contributed by atoms with Gasteiger partial charge in [-0.3, -0.25) is 9.89 Å². The predicted octanol–water partition coefficient (Wildman–Crippen LogP) is 4.20. The molecule has 3 atom stereocenters. The van der Waals surface area contributed by atoms with E-state index in [1.54, 1.807) is 18.3 Å². The molecule has 2 aromatic carbocycles. The Kier molecular flexibility index (Phi) is 6.70. The number of ether oxygens (including phenoxy) is 2. The van der Waals surface area contributed by atoms with Gasteiger partial charge in [-0.25, -0.2) is 9.18 Å². The number of aliphatic hydroxyl groups is 1. The number of fused-ring (bicyclic) bond motifs is 2. The fraction of sp³-hybridized carbons (Fsp3) is 0.370. The number of carbonyl (C=O) groups excluding carboxylic acids is 1. The molecule has 10 heteroatoms. The molecular formula is C27H28FN3O6. The van der Waals surface area contributed by atoms with Gasteiger partial charge in [-0.15, -0.1) is 0 Å². The number of carboxylic acid groups (broad SMARTS) is 1. The molecule has 5 rings (SSSR count). The number of nitrogens with zero attached hydrogens (tertiary/aromatic N) is 2. The molecule has 37 heavy (non-hydrogen) atoms. The number of rotatable bonds is 7. The van der Waals surface area contributed by atoms with Crippen molar-refractivity contribution in [2.24, 2.45) is 0 Å². The minimum Gasteiger partial charge on any atom is -0.479 e. The molecule has 1 aliphatic rings. The minimum atomic E-state index is -1.22. The van der Waals surface area contributed by atoms with Crippen molar-refractivity contribution in [1.82, 2.24) is 14.8 Å². The van der Waals surface area contributed by atoms with E-state index in [0.29, 0.717) is 6.42 Å². The van der Waals surface area contributed by atoms with Crippen molar-refractivity contribution in [2.75, 3.05) is 0 Å². The van der Waals surface area contributed by atoms with Crippen molar-refractivity contribution in [1.29, 1.82) is 0 Å². The van der Waals surface area contributed by atoms with E-state index >= 15 is 0 Å². The molecule has 0 spiro atoms. The van der Waals surface area contributed by atoms with E-state index in [-0.39, 0.29) is 31.0 Å². The highest BCUT2D eigenvalue weighted by molar-refractivity contribution is 5.98. The van der Waals surface area contributed by atoms with Gasteiger partial charge in [0, 0.05) is 41.4 Å². The number of esters is 1. The summed E-state index contributed by atoms with van der Waals surface area (Å²) in [5.41, 5.74) is 4.51. The largest absolute Gasteiger partial charge is 0.479 e. The molecule has 0 saturated carbocycles. The quantitative estimate of drug-likeness (QED) is 0.319. The van der Waals surface area contributed by atoms with E-state index in [1.807, 2.05) is 12.1 Å². The fourth-order valence-corrected chi connectivity index (χ4v) is 5.07. The highest BCUT2D eigenvalue weighted by atomic mass is 19.1. The molecule has 0 unspecified atom stereocenters. The van der Waals surface area contributed by atoms with Crippen LogP contribution in [-0.2, 0) is 25.5 Å². The van der Waals surface area contributed by atoms with Gasteiger partial charge in [0.05, 0.1) is 23.3 Å². The number of carboxylic acids is 1. The van der Waals surface area contributed by atoms with Crippen molar-refractivity contribution in [3.63, 3.8) is 0 Å². The summed E-state index contributed by atoms with van der Waals surface area (Å²) in [5, 5.41) is 28.2. The Hall–Kier alpha value is -3.76. The lowest BCUT2D eigenvalue weighted by Gasteiger charge is -2.30. The van der Waals surface area contributed by atoms with Gasteiger partial charge < -0.3 is 24.3 Å². The van der Waals surface area contributed by atoms with Crippen molar-refractivity contribution in [3.8, 4) is 5.69 Å². The molecule has 1 fully saturated rings. The highest BCUT2D eigenvalue weighted by Gasteiger charge is 2.35. The molecule has 1 aliphatic heterocycles. The molecule has 0 aliphatic carbocycles. The van der Waals surface area contributed by atoms with Crippen molar-refractivity contribution < 1.29 is 33.7 Å². The van der Waals surface area contributed by atoms with Gasteiger partial charge in [-0.2, -0.15) is 5.10 Å². The lowest BCUT2D eigenvalue weighted by molar-refractivity contribution is -0.222. The van der Waals surface area contributed by atoms with Crippen LogP contribution in [0, 0.1) is 5.82 Å². The van der Waals surface area contributed by atoms with Gasteiger partial charge in [0.15, 0.2) is 6.10 Å². The summed E-state index contributed by atoms with van der Waals surface area (Å²) in [6.07, 6.45) is -1.17. The van der Waals surface area contributed by atoms with E-state index < -0.39 is 30.4 Å². The van der Waals surface area contributed by atoms with Crippen LogP contribution in [0.4, 0.5) is 4.39 Å². The van der Waals surface area contributed by atoms with Crippen LogP contribution in [0.1, 0.15) is 50.3 Å². The first-order chi connectivity index (χ1) is 17.7. The molecule has 3 N–H and O–H groups in total. The first-order valence-electron chi connectivity index (χ1n) is 12.2. The van der Waals surface area contributed by atoms with Crippen LogP contribution in [-0.4, -0.2) is 55.4 Å². The number of nitrogens with one attached hydrogen (secondary N) is 1. The van der Waals surface area contributed by atoms with Crippen LogP contribution in [0.15, 0.2) is 42.6 Å². The Balaban J connectivity index is 1.48. The standard InChI is InChI=1S/C27H28FN3O6/c1-14(2)26-19(7-8-24(33)37-25-11-18(32)10-23(36-25)27(34)35)20-12-21-15(13-29-30-21)9-22(20)31(26)17-5-3-16(28)4-6-17/h3-6,9,12-14,18,23,25,32H,7-8,10-11H2,1-2H3,(H,29,30)(H,34,35)/t18-,23-,25-/m0/s1. The number of halogens is 1. The Morgan fingerprint density at radius 1 is 1.24 bits per heavy atom. The van der Waals surface area contributed by atoms with Gasteiger partial charge in [0.25, 0.3) is 0 Å². The molecule has 0 amide bonds. The van der Waals surface area contributed by atoms with Crippen LogP contribution in [0.3, 0.4) is 0 Å². The van der Waals surface area contributed by atoms with Crippen LogP contribution >= 0.6 is 0 Å². The third kappa shape index (κ3) is 4.94. The average Bonchev–Trinajstić information content (AvgIpc) is 3.43. The molecular weight excluding hydrogens is 481 g/mol. The van der Waals surface area contributed by atoms with E-state index in [1.165, 1.54) is 12.1 Å². The number of H-pyrrole nitrogens is 1. The molecule has 1 saturated heterocycles. The maximum absolute atomic E-state index is 13.7. The Bertz CT molecular complexity index is 1460. The molecule has 2 aromatic heterocycles. The van der Waals surface area contributed by atoms with Crippen molar-refractivity contribution in [3.05, 3.63) is 59.7 Å². The third-order valence-electron chi connectivity index (χ3n) is 6.69. The number of hydrogen-bond donors (Lipinski definition) is 3. The van der Waals surface area contributed by atoms with Gasteiger partial charge in [-0.1, -0.05) is 13.8 Å². The SMILES string of the molecule is CC(C)c1c(CCC(=O)O[C@H]2C[C@@H](O)C[C@@H](C(=O)O)O2)c2cc3[nH]ncc3cc2n1-c1ccc(F)cc1.